The van der Waals surface area contributed by atoms with E-state index in [0.717, 1.165) is 19.3 Å². The number of carboxylic acids is 1. The molecule has 156 valence electrons. The maximum atomic E-state index is 10.9. The minimum Gasteiger partial charge on any atom is -0.478 e. The van der Waals surface area contributed by atoms with Gasteiger partial charge in [-0.25, -0.2) is 4.79 Å². The largest absolute Gasteiger partial charge is 0.478 e. The molecule has 3 nitrogen and oxygen atoms in total. The van der Waals surface area contributed by atoms with E-state index >= 15 is 0 Å². The lowest BCUT2D eigenvalue weighted by atomic mass is 9.53. The average molecular weight is 387 g/mol. The summed E-state index contributed by atoms with van der Waals surface area (Å²) in [6.07, 6.45) is 13.7. The summed E-state index contributed by atoms with van der Waals surface area (Å²) in [5.41, 5.74) is 1.75. The van der Waals surface area contributed by atoms with E-state index in [0.29, 0.717) is 41.4 Å². The summed E-state index contributed by atoms with van der Waals surface area (Å²) in [6, 6.07) is 0. The van der Waals surface area contributed by atoms with E-state index < -0.39 is 5.97 Å². The van der Waals surface area contributed by atoms with Crippen molar-refractivity contribution >= 4 is 5.97 Å². The molecule has 0 saturated heterocycles. The summed E-state index contributed by atoms with van der Waals surface area (Å²) in [5, 5.41) is 19.8. The van der Waals surface area contributed by atoms with Crippen LogP contribution in [0.3, 0.4) is 0 Å². The van der Waals surface area contributed by atoms with Crippen LogP contribution in [0.1, 0.15) is 60.3 Å². The third kappa shape index (κ3) is 3.87. The van der Waals surface area contributed by atoms with Gasteiger partial charge in [-0.15, -0.1) is 0 Å². The number of hydrogen-bond donors (Lipinski definition) is 2. The van der Waals surface area contributed by atoms with Crippen molar-refractivity contribution in [1.29, 1.82) is 0 Å². The summed E-state index contributed by atoms with van der Waals surface area (Å²) in [4.78, 5) is 10.8. The van der Waals surface area contributed by atoms with Gasteiger partial charge in [0.15, 0.2) is 0 Å². The normalized spacial score (nSPS) is 44.4. The molecule has 1 unspecified atom stereocenters. The topological polar surface area (TPSA) is 57.5 Å². The van der Waals surface area contributed by atoms with Crippen molar-refractivity contribution in [3.63, 3.8) is 0 Å². The molecule has 0 bridgehead atoms. The smallest absolute Gasteiger partial charge is 0.328 e. The molecule has 0 heterocycles. The first-order chi connectivity index (χ1) is 13.2. The van der Waals surface area contributed by atoms with Gasteiger partial charge >= 0.3 is 5.97 Å². The first-order valence-corrected chi connectivity index (χ1v) is 11.1. The molecule has 28 heavy (non-hydrogen) atoms. The number of rotatable bonds is 6. The van der Waals surface area contributed by atoms with E-state index in [1.165, 1.54) is 18.1 Å². The Labute approximate surface area is 170 Å². The van der Waals surface area contributed by atoms with Gasteiger partial charge in [0.25, 0.3) is 0 Å². The highest BCUT2D eigenvalue weighted by molar-refractivity contribution is 5.80. The van der Waals surface area contributed by atoms with Crippen LogP contribution in [0.15, 0.2) is 36.0 Å². The molecule has 3 fully saturated rings. The van der Waals surface area contributed by atoms with Gasteiger partial charge in [0, 0.05) is 6.08 Å². The van der Waals surface area contributed by atoms with Crippen molar-refractivity contribution in [1.82, 2.24) is 0 Å². The Bertz CT molecular complexity index is 675. The number of hydrogen-bond acceptors (Lipinski definition) is 2. The Hall–Kier alpha value is -1.35. The minimum atomic E-state index is -0.911. The van der Waals surface area contributed by atoms with Crippen molar-refractivity contribution in [3.05, 3.63) is 36.0 Å². The molecule has 3 aliphatic carbocycles. The van der Waals surface area contributed by atoms with Crippen molar-refractivity contribution in [2.24, 2.45) is 46.8 Å². The van der Waals surface area contributed by atoms with Crippen LogP contribution < -0.4 is 0 Å². The molecule has 0 amide bonds. The molecule has 2 N–H and O–H groups in total. The number of aliphatic hydroxyl groups excluding tert-OH is 1. The monoisotopic (exact) mass is 386 g/mol. The lowest BCUT2D eigenvalue weighted by molar-refractivity contribution is -0.131. The minimum absolute atomic E-state index is 0.182. The van der Waals surface area contributed by atoms with Crippen molar-refractivity contribution in [3.8, 4) is 0 Å². The van der Waals surface area contributed by atoms with E-state index in [4.69, 9.17) is 5.11 Å². The maximum Gasteiger partial charge on any atom is 0.328 e. The molecule has 0 aromatic rings. The fourth-order valence-corrected chi connectivity index (χ4v) is 6.70. The average Bonchev–Trinajstić information content (AvgIpc) is 3.32. The van der Waals surface area contributed by atoms with Crippen LogP contribution >= 0.6 is 0 Å². The van der Waals surface area contributed by atoms with Crippen LogP contribution in [0.4, 0.5) is 0 Å². The van der Waals surface area contributed by atoms with Gasteiger partial charge < -0.3 is 10.2 Å². The molecule has 0 radical (unpaired) electrons. The number of fused-ring (bicyclic) bond motifs is 3. The maximum absolute atomic E-state index is 10.9. The summed E-state index contributed by atoms with van der Waals surface area (Å²) < 4.78 is 0. The van der Waals surface area contributed by atoms with Crippen molar-refractivity contribution in [2.45, 2.75) is 66.4 Å². The molecule has 3 heteroatoms. The van der Waals surface area contributed by atoms with E-state index in [-0.39, 0.29) is 11.5 Å². The zero-order valence-corrected chi connectivity index (χ0v) is 18.1. The molecule has 0 aromatic heterocycles. The fourth-order valence-electron chi connectivity index (χ4n) is 6.70. The van der Waals surface area contributed by atoms with Crippen LogP contribution in [0.5, 0.6) is 0 Å². The first-order valence-electron chi connectivity index (χ1n) is 11.1. The highest BCUT2D eigenvalue weighted by Gasteiger charge is 2.68. The fraction of sp³-hybridized carbons (Fsp3) is 0.720. The standard InChI is InChI=1S/C25H38O3/c1-6-15(2)13-17(4)24-18(9-7-8-10-21(27)28)22-16(3)11-12-20(26)23(22)19-14-25(19,24)5/h7-10,13,15-16,18-20,22-24,26H,6,11-12,14H2,1-5H3,(H,27,28)/b9-7+,10-8+,17-13-/t15?,16-,18-,19+,20-,22-,23-,24-,25+/m0/s1. The van der Waals surface area contributed by atoms with Gasteiger partial charge in [0.2, 0.25) is 0 Å². The van der Waals surface area contributed by atoms with E-state index in [9.17, 15) is 9.90 Å². The molecule has 0 aliphatic heterocycles. The molecule has 0 spiro atoms. The SMILES string of the molecule is CCC(C)/C=C(/C)[C@H]1[C@@H](/C=C/C=C/C(=O)O)[C@H]2[C@@H]([C@H]3C[C@]31C)[C@@H](O)CC[C@@H]2C. The van der Waals surface area contributed by atoms with Crippen molar-refractivity contribution in [2.75, 3.05) is 0 Å². The lowest BCUT2D eigenvalue weighted by Crippen LogP contribution is -2.49. The molecular formula is C25H38O3. The zero-order valence-electron chi connectivity index (χ0n) is 18.1. The van der Waals surface area contributed by atoms with Gasteiger partial charge in [0.05, 0.1) is 6.10 Å². The van der Waals surface area contributed by atoms with E-state index in [1.54, 1.807) is 6.08 Å². The summed E-state index contributed by atoms with van der Waals surface area (Å²) >= 11 is 0. The number of allylic oxidation sites excluding steroid dienone is 5. The Morgan fingerprint density at radius 1 is 1.25 bits per heavy atom. The van der Waals surface area contributed by atoms with Crippen molar-refractivity contribution < 1.29 is 15.0 Å². The van der Waals surface area contributed by atoms with Crippen LogP contribution in [0.2, 0.25) is 0 Å². The van der Waals surface area contributed by atoms with Crippen LogP contribution in [-0.2, 0) is 4.79 Å². The van der Waals surface area contributed by atoms with Gasteiger partial charge in [-0.3, -0.25) is 0 Å². The predicted octanol–water partition coefficient (Wildman–Crippen LogP) is 5.47. The highest BCUT2D eigenvalue weighted by Crippen LogP contribution is 2.73. The second kappa shape index (κ2) is 8.18. The van der Waals surface area contributed by atoms with E-state index in [1.807, 2.05) is 6.08 Å². The number of carboxylic acid groups (broad SMARTS) is 1. The van der Waals surface area contributed by atoms with Crippen LogP contribution in [0, 0.1) is 46.8 Å². The quantitative estimate of drug-likeness (QED) is 0.361. The molecule has 3 rings (SSSR count). The first kappa shape index (κ1) is 21.4. The molecule has 0 aromatic carbocycles. The number of aliphatic carboxylic acids is 1. The Balaban J connectivity index is 2.00. The molecular weight excluding hydrogens is 348 g/mol. The number of aliphatic hydroxyl groups is 1. The second-order valence-corrected chi connectivity index (χ2v) is 10.0. The molecule has 3 aliphatic rings. The summed E-state index contributed by atoms with van der Waals surface area (Å²) in [5.74, 6) is 2.59. The van der Waals surface area contributed by atoms with Gasteiger partial charge in [0.1, 0.15) is 0 Å². The Morgan fingerprint density at radius 2 is 1.96 bits per heavy atom. The zero-order chi connectivity index (χ0) is 20.6. The van der Waals surface area contributed by atoms with E-state index in [2.05, 4.69) is 46.8 Å². The third-order valence-electron chi connectivity index (χ3n) is 8.18. The summed E-state index contributed by atoms with van der Waals surface area (Å²) in [6.45, 7) is 11.6. The highest BCUT2D eigenvalue weighted by atomic mass is 16.4. The van der Waals surface area contributed by atoms with Gasteiger partial charge in [-0.2, -0.15) is 0 Å². The van der Waals surface area contributed by atoms with Gasteiger partial charge in [-0.05, 0) is 73.0 Å². The number of carbonyl (C=O) groups is 1. The molecule has 3 saturated carbocycles. The molecule has 9 atom stereocenters. The Kier molecular flexibility index (Phi) is 6.24. The lowest BCUT2D eigenvalue weighted by Gasteiger charge is -2.52. The summed E-state index contributed by atoms with van der Waals surface area (Å²) in [7, 11) is 0. The third-order valence-corrected chi connectivity index (χ3v) is 8.18. The second-order valence-electron chi connectivity index (χ2n) is 10.0. The van der Waals surface area contributed by atoms with Gasteiger partial charge in [-0.1, -0.05) is 64.0 Å². The van der Waals surface area contributed by atoms with Crippen LogP contribution in [-0.4, -0.2) is 22.3 Å². The predicted molar refractivity (Wildman–Crippen MR) is 114 cm³/mol. The Morgan fingerprint density at radius 3 is 2.61 bits per heavy atom. The van der Waals surface area contributed by atoms with Crippen LogP contribution in [0.25, 0.3) is 0 Å².